The lowest BCUT2D eigenvalue weighted by molar-refractivity contribution is -0.119. The van der Waals surface area contributed by atoms with Gasteiger partial charge in [0.25, 0.3) is 15.9 Å². The summed E-state index contributed by atoms with van der Waals surface area (Å²) in [6.45, 7) is 3.26. The van der Waals surface area contributed by atoms with Crippen LogP contribution in [0, 0.1) is 13.8 Å². The molecule has 0 aliphatic heterocycles. The van der Waals surface area contributed by atoms with Crippen LogP contribution in [0.1, 0.15) is 36.8 Å². The smallest absolute Gasteiger partial charge is 0.264 e. The monoisotopic (exact) mass is 433 g/mol. The lowest BCUT2D eigenvalue weighted by atomic mass is 10.2. The summed E-state index contributed by atoms with van der Waals surface area (Å²) in [6.07, 6.45) is 3.84. The van der Waals surface area contributed by atoms with Gasteiger partial charge in [-0.05, 0) is 69.4 Å². The molecule has 154 valence electrons. The molecule has 1 fully saturated rings. The zero-order valence-corrected chi connectivity index (χ0v) is 18.1. The fraction of sp³-hybridized carbons (Fsp3) is 0.333. The van der Waals surface area contributed by atoms with Gasteiger partial charge in [0, 0.05) is 10.7 Å². The van der Waals surface area contributed by atoms with Crippen LogP contribution in [0.25, 0.3) is 0 Å². The molecule has 1 saturated carbocycles. The Morgan fingerprint density at radius 2 is 1.76 bits per heavy atom. The quantitative estimate of drug-likeness (QED) is 0.693. The van der Waals surface area contributed by atoms with Gasteiger partial charge in [0.05, 0.1) is 10.6 Å². The van der Waals surface area contributed by atoms with E-state index in [2.05, 4.69) is 10.5 Å². The van der Waals surface area contributed by atoms with Gasteiger partial charge in [-0.3, -0.25) is 9.10 Å². The Morgan fingerprint density at radius 3 is 2.41 bits per heavy atom. The van der Waals surface area contributed by atoms with E-state index >= 15 is 0 Å². The Balaban J connectivity index is 1.95. The summed E-state index contributed by atoms with van der Waals surface area (Å²) in [5, 5.41) is 4.54. The summed E-state index contributed by atoms with van der Waals surface area (Å²) < 4.78 is 27.8. The van der Waals surface area contributed by atoms with Gasteiger partial charge in [0.1, 0.15) is 6.54 Å². The maximum atomic E-state index is 13.4. The number of hydrogen-bond donors (Lipinski definition) is 1. The summed E-state index contributed by atoms with van der Waals surface area (Å²) in [4.78, 5) is 12.7. The van der Waals surface area contributed by atoms with E-state index in [1.807, 2.05) is 6.92 Å². The first-order valence-electron chi connectivity index (χ1n) is 9.47. The summed E-state index contributed by atoms with van der Waals surface area (Å²) in [7, 11) is -3.98. The maximum absolute atomic E-state index is 13.4. The van der Waals surface area contributed by atoms with E-state index in [0.717, 1.165) is 41.3 Å². The van der Waals surface area contributed by atoms with Crippen LogP contribution in [0.3, 0.4) is 0 Å². The fourth-order valence-electron chi connectivity index (χ4n) is 3.19. The number of halogens is 1. The predicted octanol–water partition coefficient (Wildman–Crippen LogP) is 4.20. The highest BCUT2D eigenvalue weighted by atomic mass is 35.5. The van der Waals surface area contributed by atoms with Crippen molar-refractivity contribution in [2.24, 2.45) is 5.10 Å². The molecular formula is C21H24ClN3O3S. The minimum Gasteiger partial charge on any atom is -0.271 e. The van der Waals surface area contributed by atoms with Crippen LogP contribution >= 0.6 is 11.6 Å². The molecule has 0 heterocycles. The molecule has 3 rings (SSSR count). The minimum atomic E-state index is -3.98. The molecule has 0 radical (unpaired) electrons. The zero-order valence-electron chi connectivity index (χ0n) is 16.5. The van der Waals surface area contributed by atoms with Crippen molar-refractivity contribution in [1.82, 2.24) is 5.43 Å². The van der Waals surface area contributed by atoms with Crippen molar-refractivity contribution >= 4 is 38.9 Å². The molecule has 6 nitrogen and oxygen atoms in total. The number of nitrogens with one attached hydrogen (secondary N) is 1. The second-order valence-corrected chi connectivity index (χ2v) is 9.47. The van der Waals surface area contributed by atoms with Crippen molar-refractivity contribution < 1.29 is 13.2 Å². The molecule has 0 bridgehead atoms. The summed E-state index contributed by atoms with van der Waals surface area (Å²) in [6, 6.07) is 11.5. The van der Waals surface area contributed by atoms with Crippen molar-refractivity contribution in [2.45, 2.75) is 44.4 Å². The van der Waals surface area contributed by atoms with Crippen molar-refractivity contribution in [2.75, 3.05) is 10.8 Å². The van der Waals surface area contributed by atoms with E-state index in [9.17, 15) is 13.2 Å². The number of carbonyl (C=O) groups excluding carboxylic acids is 1. The highest BCUT2D eigenvalue weighted by Gasteiger charge is 2.28. The first-order valence-corrected chi connectivity index (χ1v) is 11.3. The Bertz CT molecular complexity index is 1030. The third-order valence-electron chi connectivity index (χ3n) is 4.86. The molecule has 1 amide bonds. The van der Waals surface area contributed by atoms with E-state index in [1.54, 1.807) is 37.3 Å². The zero-order chi connectivity index (χ0) is 21.0. The number of sulfonamides is 1. The number of carbonyl (C=O) groups is 1. The maximum Gasteiger partial charge on any atom is 0.264 e. The number of rotatable bonds is 6. The van der Waals surface area contributed by atoms with Gasteiger partial charge < -0.3 is 0 Å². The van der Waals surface area contributed by atoms with Gasteiger partial charge in [0.2, 0.25) is 0 Å². The molecule has 1 aliphatic rings. The number of aryl methyl sites for hydroxylation is 2. The first-order chi connectivity index (χ1) is 13.8. The molecule has 1 aliphatic carbocycles. The van der Waals surface area contributed by atoms with Crippen LogP contribution in [0.2, 0.25) is 5.02 Å². The SMILES string of the molecule is Cc1ccc(S(=O)(=O)N(CC(=O)NN=C2CCCC2)c2cc(Cl)ccc2C)cc1. The Labute approximate surface area is 176 Å². The molecule has 0 spiro atoms. The third-order valence-corrected chi connectivity index (χ3v) is 6.86. The van der Waals surface area contributed by atoms with Gasteiger partial charge in [-0.25, -0.2) is 13.8 Å². The topological polar surface area (TPSA) is 78.8 Å². The molecule has 29 heavy (non-hydrogen) atoms. The van der Waals surface area contributed by atoms with Crippen LogP contribution in [0.5, 0.6) is 0 Å². The van der Waals surface area contributed by atoms with E-state index in [0.29, 0.717) is 16.3 Å². The summed E-state index contributed by atoms with van der Waals surface area (Å²) in [5.74, 6) is -0.500. The second-order valence-electron chi connectivity index (χ2n) is 7.18. The van der Waals surface area contributed by atoms with Gasteiger partial charge in [-0.1, -0.05) is 35.4 Å². The summed E-state index contributed by atoms with van der Waals surface area (Å²) in [5.41, 5.74) is 5.44. The summed E-state index contributed by atoms with van der Waals surface area (Å²) >= 11 is 6.12. The minimum absolute atomic E-state index is 0.109. The highest BCUT2D eigenvalue weighted by Crippen LogP contribution is 2.29. The van der Waals surface area contributed by atoms with Gasteiger partial charge >= 0.3 is 0 Å². The van der Waals surface area contributed by atoms with Crippen LogP contribution in [-0.2, 0) is 14.8 Å². The predicted molar refractivity (Wildman–Crippen MR) is 116 cm³/mol. The van der Waals surface area contributed by atoms with E-state index < -0.39 is 22.5 Å². The van der Waals surface area contributed by atoms with Gasteiger partial charge in [0.15, 0.2) is 0 Å². The lowest BCUT2D eigenvalue weighted by Crippen LogP contribution is -2.40. The number of amides is 1. The van der Waals surface area contributed by atoms with Crippen molar-refractivity contribution in [3.8, 4) is 0 Å². The van der Waals surface area contributed by atoms with Crippen LogP contribution in [0.4, 0.5) is 5.69 Å². The van der Waals surface area contributed by atoms with Crippen LogP contribution in [-0.4, -0.2) is 26.6 Å². The molecule has 2 aromatic carbocycles. The molecule has 0 atom stereocenters. The Hall–Kier alpha value is -2.38. The third kappa shape index (κ3) is 5.16. The van der Waals surface area contributed by atoms with Crippen molar-refractivity contribution in [3.63, 3.8) is 0 Å². The number of anilines is 1. The van der Waals surface area contributed by atoms with Crippen molar-refractivity contribution in [1.29, 1.82) is 0 Å². The van der Waals surface area contributed by atoms with E-state index in [-0.39, 0.29) is 4.90 Å². The second kappa shape index (κ2) is 8.97. The molecule has 0 aromatic heterocycles. The standard InChI is InChI=1S/C21H24ClN3O3S/c1-15-7-11-19(12-8-15)29(27,28)25(20-13-17(22)10-9-16(20)2)14-21(26)24-23-18-5-3-4-6-18/h7-13H,3-6,14H2,1-2H3,(H,24,26). The number of hydrazone groups is 1. The van der Waals surface area contributed by atoms with Crippen LogP contribution < -0.4 is 9.73 Å². The molecule has 2 aromatic rings. The number of nitrogens with zero attached hydrogens (tertiary/aromatic N) is 2. The molecule has 0 unspecified atom stereocenters. The number of hydrogen-bond acceptors (Lipinski definition) is 4. The molecular weight excluding hydrogens is 410 g/mol. The van der Waals surface area contributed by atoms with Crippen LogP contribution in [0.15, 0.2) is 52.5 Å². The first kappa shape index (κ1) is 21.3. The average molecular weight is 434 g/mol. The van der Waals surface area contributed by atoms with Crippen molar-refractivity contribution in [3.05, 3.63) is 58.6 Å². The number of benzene rings is 2. The average Bonchev–Trinajstić information content (AvgIpc) is 3.20. The normalized spacial score (nSPS) is 14.0. The van der Waals surface area contributed by atoms with E-state index in [1.165, 1.54) is 12.1 Å². The van der Waals surface area contributed by atoms with Gasteiger partial charge in [-0.2, -0.15) is 5.10 Å². The molecule has 8 heteroatoms. The Kier molecular flexibility index (Phi) is 6.59. The molecule has 1 N–H and O–H groups in total. The Morgan fingerprint density at radius 1 is 1.10 bits per heavy atom. The fourth-order valence-corrected chi connectivity index (χ4v) is 4.83. The molecule has 0 saturated heterocycles. The van der Waals surface area contributed by atoms with Gasteiger partial charge in [-0.15, -0.1) is 0 Å². The largest absolute Gasteiger partial charge is 0.271 e. The highest BCUT2D eigenvalue weighted by molar-refractivity contribution is 7.92. The lowest BCUT2D eigenvalue weighted by Gasteiger charge is -2.25. The van der Waals surface area contributed by atoms with E-state index in [4.69, 9.17) is 11.6 Å².